The zero-order valence-electron chi connectivity index (χ0n) is 13.8. The van der Waals surface area contributed by atoms with Gasteiger partial charge < -0.3 is 9.26 Å². The molecule has 0 spiro atoms. The first kappa shape index (κ1) is 16.9. The van der Waals surface area contributed by atoms with Crippen molar-refractivity contribution in [2.75, 3.05) is 0 Å². The van der Waals surface area contributed by atoms with E-state index in [9.17, 15) is 14.9 Å². The van der Waals surface area contributed by atoms with Gasteiger partial charge in [0.2, 0.25) is 0 Å². The van der Waals surface area contributed by atoms with Crippen molar-refractivity contribution in [3.8, 4) is 11.3 Å². The Labute approximate surface area is 156 Å². The summed E-state index contributed by atoms with van der Waals surface area (Å²) < 4.78 is 11.3. The first-order valence-electron chi connectivity index (χ1n) is 7.96. The van der Waals surface area contributed by atoms with Crippen LogP contribution in [-0.4, -0.2) is 16.0 Å². The highest BCUT2D eigenvalue weighted by Crippen LogP contribution is 2.29. The van der Waals surface area contributed by atoms with Crippen LogP contribution in [0.25, 0.3) is 21.4 Å². The molecule has 4 rings (SSSR count). The van der Waals surface area contributed by atoms with Crippen molar-refractivity contribution in [2.24, 2.45) is 0 Å². The summed E-state index contributed by atoms with van der Waals surface area (Å²) in [5.74, 6) is 0.0823. The number of non-ortho nitro benzene ring substituents is 1. The number of ether oxygens (including phenoxy) is 1. The van der Waals surface area contributed by atoms with Gasteiger partial charge in [-0.15, -0.1) is 11.3 Å². The van der Waals surface area contributed by atoms with E-state index in [1.807, 2.05) is 30.3 Å². The van der Waals surface area contributed by atoms with Crippen LogP contribution in [0.4, 0.5) is 5.69 Å². The van der Waals surface area contributed by atoms with Crippen molar-refractivity contribution in [1.82, 2.24) is 5.16 Å². The van der Waals surface area contributed by atoms with Gasteiger partial charge in [0.05, 0.1) is 4.92 Å². The average molecular weight is 380 g/mol. The van der Waals surface area contributed by atoms with Crippen LogP contribution in [0.3, 0.4) is 0 Å². The number of hydrogen-bond acceptors (Lipinski definition) is 7. The summed E-state index contributed by atoms with van der Waals surface area (Å²) in [7, 11) is 0. The second-order valence-corrected chi connectivity index (χ2v) is 6.80. The number of nitrogens with zero attached hydrogens (tertiary/aromatic N) is 2. The molecule has 2 heterocycles. The Morgan fingerprint density at radius 2 is 1.96 bits per heavy atom. The summed E-state index contributed by atoms with van der Waals surface area (Å²) in [6.07, 6.45) is 0. The minimum Gasteiger partial charge on any atom is -0.455 e. The first-order valence-corrected chi connectivity index (χ1v) is 8.78. The average Bonchev–Trinajstić information content (AvgIpc) is 3.33. The van der Waals surface area contributed by atoms with E-state index in [1.165, 1.54) is 23.5 Å². The third-order valence-corrected chi connectivity index (χ3v) is 4.98. The number of nitro benzene ring substituents is 1. The fraction of sp³-hybridized carbons (Fsp3) is 0.0526. The predicted molar refractivity (Wildman–Crippen MR) is 99.5 cm³/mol. The van der Waals surface area contributed by atoms with E-state index in [-0.39, 0.29) is 12.3 Å². The SMILES string of the molecule is O=C(OCc1cc(-c2ccccc2)on1)c1cc2cc([N+](=O)[O-])ccc2s1. The molecule has 0 aliphatic rings. The maximum atomic E-state index is 12.3. The summed E-state index contributed by atoms with van der Waals surface area (Å²) in [6.45, 7) is -0.0242. The van der Waals surface area contributed by atoms with Crippen LogP contribution < -0.4 is 0 Å². The number of hydrogen-bond donors (Lipinski definition) is 0. The molecule has 0 aliphatic carbocycles. The van der Waals surface area contributed by atoms with Gasteiger partial charge in [-0.05, 0) is 12.1 Å². The van der Waals surface area contributed by atoms with Crippen molar-refractivity contribution < 1.29 is 19.0 Å². The molecule has 0 amide bonds. The topological polar surface area (TPSA) is 95.5 Å². The molecule has 0 unspecified atom stereocenters. The Hall–Kier alpha value is -3.52. The smallest absolute Gasteiger partial charge is 0.348 e. The van der Waals surface area contributed by atoms with E-state index in [0.29, 0.717) is 21.7 Å². The molecule has 4 aromatic rings. The molecule has 0 radical (unpaired) electrons. The van der Waals surface area contributed by atoms with E-state index < -0.39 is 10.9 Å². The Balaban J connectivity index is 1.46. The van der Waals surface area contributed by atoms with Crippen LogP contribution >= 0.6 is 11.3 Å². The van der Waals surface area contributed by atoms with Crippen molar-refractivity contribution in [3.05, 3.63) is 81.3 Å². The van der Waals surface area contributed by atoms with Crippen LogP contribution in [0.5, 0.6) is 0 Å². The molecular formula is C19H12N2O5S. The second-order valence-electron chi connectivity index (χ2n) is 5.71. The lowest BCUT2D eigenvalue weighted by Gasteiger charge is -1.98. The van der Waals surface area contributed by atoms with Gasteiger partial charge in [-0.25, -0.2) is 4.79 Å². The number of carbonyl (C=O) groups is 1. The van der Waals surface area contributed by atoms with E-state index in [1.54, 1.807) is 18.2 Å². The van der Waals surface area contributed by atoms with Gasteiger partial charge in [0.25, 0.3) is 5.69 Å². The molecule has 0 saturated heterocycles. The van der Waals surface area contributed by atoms with Crippen molar-refractivity contribution in [2.45, 2.75) is 6.61 Å². The monoisotopic (exact) mass is 380 g/mol. The molecular weight excluding hydrogens is 368 g/mol. The number of esters is 1. The molecule has 0 bridgehead atoms. The van der Waals surface area contributed by atoms with Crippen LogP contribution in [0.15, 0.2) is 65.2 Å². The standard InChI is InChI=1S/C19H12N2O5S/c22-19(18-9-13-8-15(21(23)24)6-7-17(13)27-18)25-11-14-10-16(26-20-14)12-4-2-1-3-5-12/h1-10H,11H2. The Bertz CT molecular complexity index is 1130. The molecule has 0 saturated carbocycles. The molecule has 2 aromatic heterocycles. The van der Waals surface area contributed by atoms with Crippen molar-refractivity contribution >= 4 is 33.1 Å². The van der Waals surface area contributed by atoms with E-state index in [2.05, 4.69) is 5.16 Å². The maximum Gasteiger partial charge on any atom is 0.348 e. The van der Waals surface area contributed by atoms with Crippen LogP contribution in [0.1, 0.15) is 15.4 Å². The predicted octanol–water partition coefficient (Wildman–Crippen LogP) is 4.82. The van der Waals surface area contributed by atoms with Gasteiger partial charge in [0.1, 0.15) is 17.2 Å². The fourth-order valence-corrected chi connectivity index (χ4v) is 3.51. The molecule has 0 fully saturated rings. The van der Waals surface area contributed by atoms with Crippen LogP contribution in [-0.2, 0) is 11.3 Å². The molecule has 0 aliphatic heterocycles. The zero-order valence-corrected chi connectivity index (χ0v) is 14.6. The molecule has 8 heteroatoms. The highest BCUT2D eigenvalue weighted by Gasteiger charge is 2.15. The van der Waals surface area contributed by atoms with Crippen molar-refractivity contribution in [3.63, 3.8) is 0 Å². The van der Waals surface area contributed by atoms with Crippen molar-refractivity contribution in [1.29, 1.82) is 0 Å². The lowest BCUT2D eigenvalue weighted by molar-refractivity contribution is -0.384. The minimum atomic E-state index is -0.511. The molecule has 0 N–H and O–H groups in total. The largest absolute Gasteiger partial charge is 0.455 e. The summed E-state index contributed by atoms with van der Waals surface area (Å²) in [6, 6.07) is 17.3. The minimum absolute atomic E-state index is 0.0174. The number of carbonyl (C=O) groups excluding carboxylic acids is 1. The lowest BCUT2D eigenvalue weighted by Crippen LogP contribution is -2.03. The first-order chi connectivity index (χ1) is 13.1. The van der Waals surface area contributed by atoms with Crippen LogP contribution in [0, 0.1) is 10.1 Å². The fourth-order valence-electron chi connectivity index (χ4n) is 2.57. The molecule has 2 aromatic carbocycles. The van der Waals surface area contributed by atoms with Gasteiger partial charge >= 0.3 is 5.97 Å². The molecule has 7 nitrogen and oxygen atoms in total. The Morgan fingerprint density at radius 1 is 1.15 bits per heavy atom. The van der Waals surface area contributed by atoms with E-state index in [4.69, 9.17) is 9.26 Å². The molecule has 27 heavy (non-hydrogen) atoms. The molecule has 0 atom stereocenters. The highest BCUT2D eigenvalue weighted by atomic mass is 32.1. The van der Waals surface area contributed by atoms with E-state index in [0.717, 1.165) is 10.3 Å². The maximum absolute atomic E-state index is 12.3. The third kappa shape index (κ3) is 3.56. The lowest BCUT2D eigenvalue weighted by atomic mass is 10.2. The Kier molecular flexibility index (Phi) is 4.39. The number of benzene rings is 2. The number of rotatable bonds is 5. The van der Waals surface area contributed by atoms with E-state index >= 15 is 0 Å². The third-order valence-electron chi connectivity index (χ3n) is 3.88. The van der Waals surface area contributed by atoms with Gasteiger partial charge in [0, 0.05) is 33.8 Å². The van der Waals surface area contributed by atoms with Gasteiger partial charge in [0.15, 0.2) is 5.76 Å². The van der Waals surface area contributed by atoms with Gasteiger partial charge in [-0.2, -0.15) is 0 Å². The zero-order chi connectivity index (χ0) is 18.8. The highest BCUT2D eigenvalue weighted by molar-refractivity contribution is 7.20. The second kappa shape index (κ2) is 7.00. The molecule has 134 valence electrons. The number of thiophene rings is 1. The Morgan fingerprint density at radius 3 is 2.74 bits per heavy atom. The number of fused-ring (bicyclic) bond motifs is 1. The summed E-state index contributed by atoms with van der Waals surface area (Å²) >= 11 is 1.22. The van der Waals surface area contributed by atoms with Crippen LogP contribution in [0.2, 0.25) is 0 Å². The summed E-state index contributed by atoms with van der Waals surface area (Å²) in [5, 5.41) is 15.4. The van der Waals surface area contributed by atoms with Gasteiger partial charge in [-0.1, -0.05) is 35.5 Å². The van der Waals surface area contributed by atoms with Gasteiger partial charge in [-0.3, -0.25) is 10.1 Å². The quantitative estimate of drug-likeness (QED) is 0.280. The number of nitro groups is 1. The summed E-state index contributed by atoms with van der Waals surface area (Å²) in [5.41, 5.74) is 1.36. The summed E-state index contributed by atoms with van der Waals surface area (Å²) in [4.78, 5) is 23.0. The number of aromatic nitrogens is 1. The normalized spacial score (nSPS) is 10.8.